The first-order valence-electron chi connectivity index (χ1n) is 9.71. The van der Waals surface area contributed by atoms with Gasteiger partial charge < -0.3 is 16.0 Å². The number of nitrogens with two attached hydrogens (primary N) is 1. The number of rotatable bonds is 9. The fourth-order valence-corrected chi connectivity index (χ4v) is 3.06. The Labute approximate surface area is 176 Å². The highest BCUT2D eigenvalue weighted by Gasteiger charge is 2.16. The number of guanidine groups is 1. The number of piperazine rings is 1. The molecule has 0 bridgehead atoms. The molecule has 1 aromatic carbocycles. The van der Waals surface area contributed by atoms with Crippen molar-refractivity contribution in [3.05, 3.63) is 30.3 Å². The van der Waals surface area contributed by atoms with Crippen LogP contribution < -0.4 is 16.0 Å². The van der Waals surface area contributed by atoms with Gasteiger partial charge in [-0.25, -0.2) is 0 Å². The van der Waals surface area contributed by atoms with Crippen molar-refractivity contribution in [2.45, 2.75) is 33.1 Å². The summed E-state index contributed by atoms with van der Waals surface area (Å²) >= 11 is 0. The van der Waals surface area contributed by atoms with E-state index in [0.717, 1.165) is 52.1 Å². The molecule has 1 aliphatic rings. The van der Waals surface area contributed by atoms with Gasteiger partial charge >= 0.3 is 0 Å². The molecule has 5 nitrogen and oxygen atoms in total. The van der Waals surface area contributed by atoms with Crippen LogP contribution >= 0.6 is 24.0 Å². The summed E-state index contributed by atoms with van der Waals surface area (Å²) in [4.78, 5) is 9.45. The molecular formula is C20H36IN5. The van der Waals surface area contributed by atoms with E-state index in [4.69, 9.17) is 5.73 Å². The largest absolute Gasteiger partial charge is 0.370 e. The number of unbranched alkanes of at least 4 members (excludes halogenated alkanes) is 1. The molecule has 26 heavy (non-hydrogen) atoms. The molecule has 1 saturated heterocycles. The molecule has 6 heteroatoms. The third kappa shape index (κ3) is 9.07. The van der Waals surface area contributed by atoms with E-state index in [0.29, 0.717) is 11.9 Å². The van der Waals surface area contributed by atoms with Crippen LogP contribution in [0.3, 0.4) is 0 Å². The number of hydrogen-bond acceptors (Lipinski definition) is 3. The number of para-hydroxylation sites is 1. The molecule has 1 heterocycles. The second-order valence-corrected chi connectivity index (χ2v) is 7.25. The van der Waals surface area contributed by atoms with Crippen molar-refractivity contribution < 1.29 is 0 Å². The number of aliphatic imine (C=N–C) groups is 1. The molecule has 0 aromatic heterocycles. The van der Waals surface area contributed by atoms with E-state index in [-0.39, 0.29) is 24.0 Å². The van der Waals surface area contributed by atoms with E-state index in [1.807, 2.05) is 0 Å². The van der Waals surface area contributed by atoms with Crippen molar-refractivity contribution in [2.24, 2.45) is 16.6 Å². The topological polar surface area (TPSA) is 56.9 Å². The van der Waals surface area contributed by atoms with Gasteiger partial charge in [-0.2, -0.15) is 0 Å². The minimum Gasteiger partial charge on any atom is -0.370 e. The molecule has 1 fully saturated rings. The van der Waals surface area contributed by atoms with Crippen LogP contribution in [0.5, 0.6) is 0 Å². The van der Waals surface area contributed by atoms with Crippen LogP contribution in [0.2, 0.25) is 0 Å². The standard InChI is InChI=1S/C20H35N5.HI/c1-18(2)10-12-23-20(21)22-11-6-7-13-24-14-16-25(17-15-24)19-8-4-3-5-9-19;/h3-5,8-9,18H,6-7,10-17H2,1-2H3,(H3,21,22,23);1H. The Balaban J connectivity index is 0.00000338. The SMILES string of the molecule is CC(C)CCNC(N)=NCCCCN1CCN(c2ccccc2)CC1.I. The highest BCUT2D eigenvalue weighted by atomic mass is 127. The molecule has 148 valence electrons. The monoisotopic (exact) mass is 473 g/mol. The maximum absolute atomic E-state index is 5.88. The van der Waals surface area contributed by atoms with Gasteiger partial charge in [-0.05, 0) is 43.9 Å². The summed E-state index contributed by atoms with van der Waals surface area (Å²) < 4.78 is 0. The number of anilines is 1. The first kappa shape index (κ1) is 23.0. The van der Waals surface area contributed by atoms with Crippen molar-refractivity contribution in [3.63, 3.8) is 0 Å². The van der Waals surface area contributed by atoms with E-state index < -0.39 is 0 Å². The van der Waals surface area contributed by atoms with Crippen molar-refractivity contribution >= 4 is 35.6 Å². The van der Waals surface area contributed by atoms with Gasteiger partial charge in [0.2, 0.25) is 0 Å². The van der Waals surface area contributed by atoms with E-state index in [1.165, 1.54) is 18.7 Å². The molecular weight excluding hydrogens is 437 g/mol. The van der Waals surface area contributed by atoms with Gasteiger partial charge in [0.15, 0.2) is 5.96 Å². The predicted octanol–water partition coefficient (Wildman–Crippen LogP) is 3.16. The van der Waals surface area contributed by atoms with Crippen LogP contribution in [0.1, 0.15) is 33.1 Å². The van der Waals surface area contributed by atoms with Gasteiger partial charge in [0.05, 0.1) is 0 Å². The first-order valence-corrected chi connectivity index (χ1v) is 9.71. The summed E-state index contributed by atoms with van der Waals surface area (Å²) in [7, 11) is 0. The molecule has 1 aliphatic heterocycles. The molecule has 0 saturated carbocycles. The van der Waals surface area contributed by atoms with Gasteiger partial charge in [-0.3, -0.25) is 9.89 Å². The Morgan fingerprint density at radius 3 is 2.46 bits per heavy atom. The van der Waals surface area contributed by atoms with Gasteiger partial charge in [-0.15, -0.1) is 24.0 Å². The molecule has 1 aromatic rings. The van der Waals surface area contributed by atoms with Gasteiger partial charge in [-0.1, -0.05) is 32.0 Å². The summed E-state index contributed by atoms with van der Waals surface area (Å²) in [5.74, 6) is 1.29. The smallest absolute Gasteiger partial charge is 0.188 e. The van der Waals surface area contributed by atoms with E-state index in [9.17, 15) is 0 Å². The average Bonchev–Trinajstić information content (AvgIpc) is 2.62. The Morgan fingerprint density at radius 1 is 1.12 bits per heavy atom. The lowest BCUT2D eigenvalue weighted by Gasteiger charge is -2.36. The van der Waals surface area contributed by atoms with Crippen molar-refractivity contribution in [2.75, 3.05) is 50.7 Å². The Bertz CT molecular complexity index is 498. The Kier molecular flexibility index (Phi) is 11.7. The molecule has 0 amide bonds. The molecule has 0 aliphatic carbocycles. The maximum atomic E-state index is 5.88. The second kappa shape index (κ2) is 13.2. The highest BCUT2D eigenvalue weighted by Crippen LogP contribution is 2.15. The lowest BCUT2D eigenvalue weighted by molar-refractivity contribution is 0.253. The third-order valence-electron chi connectivity index (χ3n) is 4.69. The molecule has 0 spiro atoms. The Morgan fingerprint density at radius 2 is 1.81 bits per heavy atom. The normalized spacial score (nSPS) is 15.8. The maximum Gasteiger partial charge on any atom is 0.188 e. The third-order valence-corrected chi connectivity index (χ3v) is 4.69. The van der Waals surface area contributed by atoms with Crippen molar-refractivity contribution in [3.8, 4) is 0 Å². The number of nitrogens with one attached hydrogen (secondary N) is 1. The van der Waals surface area contributed by atoms with Crippen molar-refractivity contribution in [1.29, 1.82) is 0 Å². The van der Waals surface area contributed by atoms with Crippen LogP contribution in [0, 0.1) is 5.92 Å². The fourth-order valence-electron chi connectivity index (χ4n) is 3.06. The second-order valence-electron chi connectivity index (χ2n) is 7.25. The zero-order valence-electron chi connectivity index (χ0n) is 16.4. The lowest BCUT2D eigenvalue weighted by Crippen LogP contribution is -2.46. The lowest BCUT2D eigenvalue weighted by atomic mass is 10.1. The van der Waals surface area contributed by atoms with E-state index in [1.54, 1.807) is 0 Å². The molecule has 0 radical (unpaired) electrons. The van der Waals surface area contributed by atoms with Crippen LogP contribution in [0.25, 0.3) is 0 Å². The Hall–Kier alpha value is -1.02. The number of benzene rings is 1. The molecule has 0 unspecified atom stereocenters. The summed E-state index contributed by atoms with van der Waals surface area (Å²) in [5.41, 5.74) is 7.22. The van der Waals surface area contributed by atoms with E-state index >= 15 is 0 Å². The minimum absolute atomic E-state index is 0. The first-order chi connectivity index (χ1) is 12.1. The summed E-state index contributed by atoms with van der Waals surface area (Å²) in [6.45, 7) is 11.9. The minimum atomic E-state index is 0. The van der Waals surface area contributed by atoms with Crippen LogP contribution in [0.15, 0.2) is 35.3 Å². The molecule has 2 rings (SSSR count). The molecule has 0 atom stereocenters. The quantitative estimate of drug-likeness (QED) is 0.251. The van der Waals surface area contributed by atoms with Crippen LogP contribution in [-0.2, 0) is 0 Å². The van der Waals surface area contributed by atoms with Crippen LogP contribution in [-0.4, -0.2) is 56.7 Å². The zero-order chi connectivity index (χ0) is 17.9. The average molecular weight is 473 g/mol. The van der Waals surface area contributed by atoms with E-state index in [2.05, 4.69) is 64.3 Å². The zero-order valence-corrected chi connectivity index (χ0v) is 18.7. The highest BCUT2D eigenvalue weighted by molar-refractivity contribution is 14.0. The predicted molar refractivity (Wildman–Crippen MR) is 124 cm³/mol. The molecule has 3 N–H and O–H groups in total. The number of nitrogens with zero attached hydrogens (tertiary/aromatic N) is 3. The number of halogens is 1. The summed E-state index contributed by atoms with van der Waals surface area (Å²) in [6.07, 6.45) is 3.42. The number of hydrogen-bond donors (Lipinski definition) is 2. The summed E-state index contributed by atoms with van der Waals surface area (Å²) in [5, 5.41) is 3.19. The van der Waals surface area contributed by atoms with Gasteiger partial charge in [0.1, 0.15) is 0 Å². The van der Waals surface area contributed by atoms with Gasteiger partial charge in [0, 0.05) is 45.0 Å². The fraction of sp³-hybridized carbons (Fsp3) is 0.650. The van der Waals surface area contributed by atoms with Crippen LogP contribution in [0.4, 0.5) is 5.69 Å². The summed E-state index contributed by atoms with van der Waals surface area (Å²) in [6, 6.07) is 10.7. The van der Waals surface area contributed by atoms with Gasteiger partial charge in [0.25, 0.3) is 0 Å². The van der Waals surface area contributed by atoms with Crippen molar-refractivity contribution in [1.82, 2.24) is 10.2 Å².